The Labute approximate surface area is 83.6 Å². The van der Waals surface area contributed by atoms with Gasteiger partial charge in [-0.1, -0.05) is 24.8 Å². The molecule has 0 amide bonds. The lowest BCUT2D eigenvalue weighted by molar-refractivity contribution is 0.117. The maximum Gasteiger partial charge on any atom is 0.105 e. The van der Waals surface area contributed by atoms with Crippen LogP contribution in [0.1, 0.15) is 33.2 Å². The topological polar surface area (TPSA) is 50.9 Å². The quantitative estimate of drug-likeness (QED) is 0.728. The molecule has 4 nitrogen and oxygen atoms in total. The smallest absolute Gasteiger partial charge is 0.105 e. The Kier molecular flexibility index (Phi) is 3.41. The number of aliphatic hydroxyl groups excluding tert-OH is 1. The summed E-state index contributed by atoms with van der Waals surface area (Å²) in [4.78, 5) is 0. The lowest BCUT2D eigenvalue weighted by Gasteiger charge is -2.17. The van der Waals surface area contributed by atoms with Crippen LogP contribution in [0, 0.1) is 0 Å². The lowest BCUT2D eigenvalue weighted by Crippen LogP contribution is -2.35. The Hall–Kier alpha value is -1.16. The van der Waals surface area contributed by atoms with Gasteiger partial charge >= 0.3 is 0 Å². The van der Waals surface area contributed by atoms with E-state index < -0.39 is 6.10 Å². The predicted molar refractivity (Wildman–Crippen MR) is 55.9 cm³/mol. The van der Waals surface area contributed by atoms with Crippen LogP contribution in [0.5, 0.6) is 0 Å². The molecule has 0 bridgehead atoms. The first-order chi connectivity index (χ1) is 6.61. The number of hydrogen-bond acceptors (Lipinski definition) is 3. The largest absolute Gasteiger partial charge is 0.391 e. The van der Waals surface area contributed by atoms with Gasteiger partial charge in [-0.25, -0.2) is 4.68 Å². The number of rotatable bonds is 3. The van der Waals surface area contributed by atoms with E-state index in [1.165, 1.54) is 0 Å². The fourth-order valence-corrected chi connectivity index (χ4v) is 1.60. The minimum Gasteiger partial charge on any atom is -0.391 e. The average molecular weight is 195 g/mol. The van der Waals surface area contributed by atoms with E-state index in [0.29, 0.717) is 5.35 Å². The molecule has 14 heavy (non-hydrogen) atoms. The first-order valence-corrected chi connectivity index (χ1v) is 4.86. The normalized spacial score (nSPS) is 17.0. The van der Waals surface area contributed by atoms with Gasteiger partial charge in [-0.15, -0.1) is 5.10 Å². The Bertz CT molecular complexity index is 394. The summed E-state index contributed by atoms with van der Waals surface area (Å²) >= 11 is 0. The van der Waals surface area contributed by atoms with Crippen molar-refractivity contribution in [2.75, 3.05) is 0 Å². The van der Waals surface area contributed by atoms with Gasteiger partial charge in [0.2, 0.25) is 0 Å². The molecule has 0 saturated carbocycles. The third-order valence-electron chi connectivity index (χ3n) is 2.37. The predicted octanol–water partition coefficient (Wildman–Crippen LogP) is -0.179. The highest BCUT2D eigenvalue weighted by Gasteiger charge is 2.16. The average Bonchev–Trinajstić information content (AvgIpc) is 2.48. The SMILES string of the molecule is C=c1nnn(C(CC)C(C)O)c1=CC. The van der Waals surface area contributed by atoms with E-state index in [-0.39, 0.29) is 6.04 Å². The molecule has 0 radical (unpaired) electrons. The van der Waals surface area contributed by atoms with Crippen molar-refractivity contribution < 1.29 is 5.11 Å². The summed E-state index contributed by atoms with van der Waals surface area (Å²) in [5.74, 6) is 0. The summed E-state index contributed by atoms with van der Waals surface area (Å²) in [6.07, 6.45) is 2.30. The summed E-state index contributed by atoms with van der Waals surface area (Å²) < 4.78 is 1.74. The molecule has 1 N–H and O–H groups in total. The zero-order chi connectivity index (χ0) is 10.7. The summed E-state index contributed by atoms with van der Waals surface area (Å²) in [6, 6.07) is -0.0239. The molecule has 1 aromatic heterocycles. The molecule has 1 heterocycles. The van der Waals surface area contributed by atoms with Crippen molar-refractivity contribution in [2.24, 2.45) is 0 Å². The standard InChI is InChI=1S/C10H17N3O/c1-5-9-7(3)11-12-13(9)10(6-2)8(4)14/h5,8,10,14H,3,6H2,1-2,4H3. The number of aromatic nitrogens is 3. The fraction of sp³-hybridized carbons (Fsp3) is 0.600. The van der Waals surface area contributed by atoms with Crippen LogP contribution in [0.25, 0.3) is 12.7 Å². The summed E-state index contributed by atoms with van der Waals surface area (Å²) in [5, 5.41) is 19.0. The molecule has 78 valence electrons. The Morgan fingerprint density at radius 3 is 2.71 bits per heavy atom. The van der Waals surface area contributed by atoms with E-state index in [2.05, 4.69) is 16.9 Å². The Balaban J connectivity index is 3.24. The van der Waals surface area contributed by atoms with Gasteiger partial charge in [0.25, 0.3) is 0 Å². The zero-order valence-corrected chi connectivity index (χ0v) is 8.94. The molecular formula is C10H17N3O. The molecule has 4 heteroatoms. The van der Waals surface area contributed by atoms with Crippen LogP contribution in [-0.4, -0.2) is 26.2 Å². The van der Waals surface area contributed by atoms with E-state index >= 15 is 0 Å². The highest BCUT2D eigenvalue weighted by atomic mass is 16.3. The fourth-order valence-electron chi connectivity index (χ4n) is 1.60. The second-order valence-electron chi connectivity index (χ2n) is 3.37. The van der Waals surface area contributed by atoms with Gasteiger partial charge in [0.1, 0.15) is 5.35 Å². The molecule has 2 atom stereocenters. The van der Waals surface area contributed by atoms with Gasteiger partial charge in [0, 0.05) is 0 Å². The van der Waals surface area contributed by atoms with Crippen molar-refractivity contribution in [3.05, 3.63) is 10.7 Å². The van der Waals surface area contributed by atoms with Crippen LogP contribution in [0.2, 0.25) is 0 Å². The van der Waals surface area contributed by atoms with Gasteiger partial charge < -0.3 is 5.11 Å². The van der Waals surface area contributed by atoms with Crippen LogP contribution in [0.3, 0.4) is 0 Å². The molecule has 0 saturated heterocycles. The van der Waals surface area contributed by atoms with Crippen molar-refractivity contribution in [1.82, 2.24) is 15.0 Å². The molecular weight excluding hydrogens is 178 g/mol. The Morgan fingerprint density at radius 2 is 2.29 bits per heavy atom. The van der Waals surface area contributed by atoms with E-state index in [1.54, 1.807) is 11.6 Å². The van der Waals surface area contributed by atoms with E-state index in [9.17, 15) is 5.11 Å². The molecule has 0 spiro atoms. The first kappa shape index (κ1) is 10.9. The maximum absolute atomic E-state index is 9.57. The van der Waals surface area contributed by atoms with Crippen LogP contribution in [0.4, 0.5) is 0 Å². The van der Waals surface area contributed by atoms with Crippen molar-refractivity contribution in [1.29, 1.82) is 0 Å². The van der Waals surface area contributed by atoms with E-state index in [1.807, 2.05) is 19.9 Å². The minimum atomic E-state index is -0.431. The molecule has 0 aliphatic heterocycles. The number of aliphatic hydroxyl groups is 1. The summed E-state index contributed by atoms with van der Waals surface area (Å²) in [6.45, 7) is 9.47. The van der Waals surface area contributed by atoms with Crippen molar-refractivity contribution >= 4 is 12.7 Å². The third-order valence-corrected chi connectivity index (χ3v) is 2.37. The second kappa shape index (κ2) is 4.37. The molecule has 0 aliphatic carbocycles. The molecule has 0 aromatic carbocycles. The summed E-state index contributed by atoms with van der Waals surface area (Å²) in [7, 11) is 0. The lowest BCUT2D eigenvalue weighted by atomic mass is 10.1. The van der Waals surface area contributed by atoms with Crippen LogP contribution < -0.4 is 10.7 Å². The van der Waals surface area contributed by atoms with Crippen LogP contribution in [0.15, 0.2) is 0 Å². The van der Waals surface area contributed by atoms with Crippen molar-refractivity contribution in [3.8, 4) is 0 Å². The monoisotopic (exact) mass is 195 g/mol. The van der Waals surface area contributed by atoms with Gasteiger partial charge in [-0.3, -0.25) is 0 Å². The molecule has 1 aromatic rings. The zero-order valence-electron chi connectivity index (χ0n) is 8.94. The second-order valence-corrected chi connectivity index (χ2v) is 3.37. The van der Waals surface area contributed by atoms with Crippen molar-refractivity contribution in [2.45, 2.75) is 39.3 Å². The molecule has 0 aliphatic rings. The Morgan fingerprint density at radius 1 is 1.64 bits per heavy atom. The van der Waals surface area contributed by atoms with Gasteiger partial charge in [0.15, 0.2) is 0 Å². The van der Waals surface area contributed by atoms with Gasteiger partial charge in [-0.2, -0.15) is 0 Å². The number of nitrogens with zero attached hydrogens (tertiary/aromatic N) is 3. The van der Waals surface area contributed by atoms with Crippen LogP contribution in [-0.2, 0) is 0 Å². The minimum absolute atomic E-state index is 0.0239. The van der Waals surface area contributed by atoms with E-state index in [0.717, 1.165) is 11.8 Å². The van der Waals surface area contributed by atoms with Crippen LogP contribution >= 0.6 is 0 Å². The number of hydrogen-bond donors (Lipinski definition) is 1. The highest BCUT2D eigenvalue weighted by molar-refractivity contribution is 5.15. The van der Waals surface area contributed by atoms with Gasteiger partial charge in [0.05, 0.1) is 17.5 Å². The highest BCUT2D eigenvalue weighted by Crippen LogP contribution is 2.10. The first-order valence-electron chi connectivity index (χ1n) is 4.86. The molecule has 1 rings (SSSR count). The molecule has 0 fully saturated rings. The summed E-state index contributed by atoms with van der Waals surface area (Å²) in [5.41, 5.74) is 0. The third kappa shape index (κ3) is 1.85. The van der Waals surface area contributed by atoms with E-state index in [4.69, 9.17) is 0 Å². The van der Waals surface area contributed by atoms with Gasteiger partial charge in [-0.05, 0) is 20.3 Å². The van der Waals surface area contributed by atoms with Crippen molar-refractivity contribution in [3.63, 3.8) is 0 Å². The molecule has 2 unspecified atom stereocenters. The maximum atomic E-state index is 9.57.